The normalized spacial score (nSPS) is 11.1. The smallest absolute Gasteiger partial charge is 0.248 e. The second-order valence-electron chi connectivity index (χ2n) is 6.64. The third-order valence-corrected chi connectivity index (χ3v) is 4.50. The summed E-state index contributed by atoms with van der Waals surface area (Å²) in [6.07, 6.45) is 3.17. The molecule has 0 aliphatic rings. The third-order valence-electron chi connectivity index (χ3n) is 4.50. The molecule has 0 atom stereocenters. The van der Waals surface area contributed by atoms with E-state index in [9.17, 15) is 9.18 Å². The van der Waals surface area contributed by atoms with E-state index in [-0.39, 0.29) is 17.7 Å². The number of benzene rings is 2. The molecule has 0 saturated heterocycles. The molecule has 1 amide bonds. The number of hydrogen-bond acceptors (Lipinski definition) is 4. The predicted molar refractivity (Wildman–Crippen MR) is 103 cm³/mol. The minimum atomic E-state index is -0.281. The number of imidazole rings is 1. The summed E-state index contributed by atoms with van der Waals surface area (Å²) in [7, 11) is 1.95. The molecule has 8 heteroatoms. The monoisotopic (exact) mass is 378 g/mol. The molecule has 4 rings (SSSR count). The average Bonchev–Trinajstić information content (AvgIpc) is 3.28. The van der Waals surface area contributed by atoms with Crippen molar-refractivity contribution in [3.8, 4) is 0 Å². The molecule has 2 aromatic heterocycles. The van der Waals surface area contributed by atoms with Crippen LogP contribution >= 0.6 is 0 Å². The second kappa shape index (κ2) is 7.59. The summed E-state index contributed by atoms with van der Waals surface area (Å²) in [5, 5.41) is 9.50. The number of hydrogen-bond donors (Lipinski definition) is 2. The van der Waals surface area contributed by atoms with Crippen molar-refractivity contribution in [2.75, 3.05) is 5.32 Å². The van der Waals surface area contributed by atoms with Crippen LogP contribution in [0.2, 0.25) is 0 Å². The zero-order chi connectivity index (χ0) is 19.5. The van der Waals surface area contributed by atoms with Gasteiger partial charge in [0.05, 0.1) is 17.4 Å². The lowest BCUT2D eigenvalue weighted by Crippen LogP contribution is -2.13. The molecule has 2 N–H and O–H groups in total. The van der Waals surface area contributed by atoms with Gasteiger partial charge in [0, 0.05) is 19.9 Å². The Hall–Kier alpha value is -3.55. The van der Waals surface area contributed by atoms with E-state index in [1.165, 1.54) is 12.1 Å². The molecule has 2 aromatic carbocycles. The van der Waals surface area contributed by atoms with Crippen LogP contribution < -0.4 is 5.32 Å². The fourth-order valence-corrected chi connectivity index (χ4v) is 3.01. The van der Waals surface area contributed by atoms with E-state index in [0.29, 0.717) is 25.1 Å². The third kappa shape index (κ3) is 4.06. The number of halogens is 1. The van der Waals surface area contributed by atoms with Gasteiger partial charge in [0.25, 0.3) is 0 Å². The molecule has 0 aliphatic heterocycles. The number of nitrogens with zero attached hydrogens (tertiary/aromatic N) is 4. The van der Waals surface area contributed by atoms with Crippen LogP contribution in [0.5, 0.6) is 0 Å². The summed E-state index contributed by atoms with van der Waals surface area (Å²) in [4.78, 5) is 20.8. The van der Waals surface area contributed by atoms with Crippen LogP contribution in [0, 0.1) is 5.82 Å². The highest BCUT2D eigenvalue weighted by Crippen LogP contribution is 2.15. The summed E-state index contributed by atoms with van der Waals surface area (Å²) in [5.41, 5.74) is 3.93. The van der Waals surface area contributed by atoms with Crippen molar-refractivity contribution in [1.29, 1.82) is 0 Å². The summed E-state index contributed by atoms with van der Waals surface area (Å²) in [6, 6.07) is 12.2. The molecule has 0 fully saturated rings. The Bertz CT molecular complexity index is 1120. The second-order valence-corrected chi connectivity index (χ2v) is 6.64. The Balaban J connectivity index is 1.32. The highest BCUT2D eigenvalue weighted by molar-refractivity contribution is 5.89. The number of carbonyl (C=O) groups is 1. The lowest BCUT2D eigenvalue weighted by molar-refractivity contribution is -0.116. The molecule has 2 heterocycles. The number of aromatic nitrogens is 5. The van der Waals surface area contributed by atoms with Gasteiger partial charge in [-0.2, -0.15) is 4.98 Å². The van der Waals surface area contributed by atoms with Crippen molar-refractivity contribution < 1.29 is 9.18 Å². The SMILES string of the molecule is Cn1cnc2cc(CCC(=O)Nc3n[nH]c(Cc4ccc(F)cc4)n3)ccc21. The number of H-pyrrole nitrogens is 1. The van der Waals surface area contributed by atoms with Gasteiger partial charge in [-0.1, -0.05) is 18.2 Å². The Labute approximate surface area is 160 Å². The number of rotatable bonds is 6. The molecule has 0 radical (unpaired) electrons. The van der Waals surface area contributed by atoms with E-state index in [1.54, 1.807) is 18.5 Å². The van der Waals surface area contributed by atoms with Crippen molar-refractivity contribution in [3.63, 3.8) is 0 Å². The summed E-state index contributed by atoms with van der Waals surface area (Å²) >= 11 is 0. The van der Waals surface area contributed by atoms with Crippen LogP contribution in [0.25, 0.3) is 11.0 Å². The Morgan fingerprint density at radius 2 is 1.96 bits per heavy atom. The Morgan fingerprint density at radius 1 is 1.18 bits per heavy atom. The largest absolute Gasteiger partial charge is 0.334 e. The van der Waals surface area contributed by atoms with Crippen molar-refractivity contribution >= 4 is 22.9 Å². The maximum atomic E-state index is 13.0. The molecule has 0 spiro atoms. The highest BCUT2D eigenvalue weighted by atomic mass is 19.1. The van der Waals surface area contributed by atoms with Gasteiger partial charge in [0.1, 0.15) is 11.6 Å². The van der Waals surface area contributed by atoms with E-state index >= 15 is 0 Å². The van der Waals surface area contributed by atoms with E-state index in [4.69, 9.17) is 0 Å². The number of fused-ring (bicyclic) bond motifs is 1. The number of anilines is 1. The molecule has 4 aromatic rings. The standard InChI is InChI=1S/C20H19FN6O/c1-27-12-22-16-10-13(4-8-17(16)27)5-9-19(28)24-20-23-18(25-26-20)11-14-2-6-15(21)7-3-14/h2-4,6-8,10,12H,5,9,11H2,1H3,(H2,23,24,25,26,28). The fourth-order valence-electron chi connectivity index (χ4n) is 3.01. The first-order chi connectivity index (χ1) is 13.6. The number of carbonyl (C=O) groups excluding carboxylic acids is 1. The highest BCUT2D eigenvalue weighted by Gasteiger charge is 2.09. The number of nitrogens with one attached hydrogen (secondary N) is 2. The minimum absolute atomic E-state index is 0.159. The van der Waals surface area contributed by atoms with Gasteiger partial charge in [0.2, 0.25) is 11.9 Å². The van der Waals surface area contributed by atoms with Gasteiger partial charge < -0.3 is 4.57 Å². The van der Waals surface area contributed by atoms with Gasteiger partial charge >= 0.3 is 0 Å². The van der Waals surface area contributed by atoms with Crippen LogP contribution in [0.1, 0.15) is 23.4 Å². The van der Waals surface area contributed by atoms with E-state index < -0.39 is 0 Å². The van der Waals surface area contributed by atoms with Gasteiger partial charge in [-0.15, -0.1) is 5.10 Å². The molecule has 0 bridgehead atoms. The zero-order valence-electron chi connectivity index (χ0n) is 15.3. The molecule has 28 heavy (non-hydrogen) atoms. The topological polar surface area (TPSA) is 88.5 Å². The fraction of sp³-hybridized carbons (Fsp3) is 0.200. The molecule has 0 aliphatic carbocycles. The lowest BCUT2D eigenvalue weighted by atomic mass is 10.1. The summed E-state index contributed by atoms with van der Waals surface area (Å²) < 4.78 is 14.9. The van der Waals surface area contributed by atoms with Crippen LogP contribution in [0.4, 0.5) is 10.3 Å². The van der Waals surface area contributed by atoms with Crippen molar-refractivity contribution in [3.05, 3.63) is 71.6 Å². The van der Waals surface area contributed by atoms with Gasteiger partial charge in [-0.05, 0) is 41.8 Å². The van der Waals surface area contributed by atoms with Crippen LogP contribution in [0.15, 0.2) is 48.8 Å². The van der Waals surface area contributed by atoms with E-state index in [1.807, 2.05) is 29.8 Å². The van der Waals surface area contributed by atoms with E-state index in [0.717, 1.165) is 22.2 Å². The summed E-state index contributed by atoms with van der Waals surface area (Å²) in [6.45, 7) is 0. The van der Waals surface area contributed by atoms with Crippen LogP contribution in [-0.2, 0) is 24.7 Å². The number of aromatic amines is 1. The molecule has 0 saturated carbocycles. The first kappa shape index (κ1) is 17.8. The molecule has 0 unspecified atom stereocenters. The molecule has 142 valence electrons. The van der Waals surface area contributed by atoms with Gasteiger partial charge in [-0.3, -0.25) is 15.2 Å². The first-order valence-corrected chi connectivity index (χ1v) is 8.92. The van der Waals surface area contributed by atoms with Crippen molar-refractivity contribution in [2.45, 2.75) is 19.3 Å². The van der Waals surface area contributed by atoms with Crippen molar-refractivity contribution in [2.24, 2.45) is 7.05 Å². The zero-order valence-corrected chi connectivity index (χ0v) is 15.3. The Kier molecular flexibility index (Phi) is 4.84. The van der Waals surface area contributed by atoms with Crippen LogP contribution in [0.3, 0.4) is 0 Å². The van der Waals surface area contributed by atoms with E-state index in [2.05, 4.69) is 25.5 Å². The maximum Gasteiger partial charge on any atom is 0.248 e. The van der Waals surface area contributed by atoms with Crippen molar-refractivity contribution in [1.82, 2.24) is 24.7 Å². The van der Waals surface area contributed by atoms with Gasteiger partial charge in [0.15, 0.2) is 0 Å². The Morgan fingerprint density at radius 3 is 2.79 bits per heavy atom. The number of aryl methyl sites for hydroxylation is 2. The molecule has 7 nitrogen and oxygen atoms in total. The predicted octanol–water partition coefficient (Wildman–Crippen LogP) is 2.99. The molecular formula is C20H19FN6O. The maximum absolute atomic E-state index is 13.0. The molecular weight excluding hydrogens is 359 g/mol. The summed E-state index contributed by atoms with van der Waals surface area (Å²) in [5.74, 6) is 0.398. The average molecular weight is 378 g/mol. The quantitative estimate of drug-likeness (QED) is 0.540. The number of amides is 1. The lowest BCUT2D eigenvalue weighted by Gasteiger charge is -2.02. The van der Waals surface area contributed by atoms with Crippen LogP contribution in [-0.4, -0.2) is 30.6 Å². The minimum Gasteiger partial charge on any atom is -0.334 e. The van der Waals surface area contributed by atoms with Gasteiger partial charge in [-0.25, -0.2) is 9.37 Å². The first-order valence-electron chi connectivity index (χ1n) is 8.92.